The van der Waals surface area contributed by atoms with Gasteiger partial charge in [0, 0.05) is 24.3 Å². The van der Waals surface area contributed by atoms with Crippen molar-refractivity contribution >= 4 is 5.97 Å². The Labute approximate surface area is 183 Å². The minimum Gasteiger partial charge on any atom is -0.487 e. The second kappa shape index (κ2) is 8.77. The van der Waals surface area contributed by atoms with Gasteiger partial charge in [-0.2, -0.15) is 0 Å². The number of benzene rings is 1. The first-order valence-electron chi connectivity index (χ1n) is 11.8. The Kier molecular flexibility index (Phi) is 6.69. The molecule has 30 heavy (non-hydrogen) atoms. The summed E-state index contributed by atoms with van der Waals surface area (Å²) >= 11 is 0. The van der Waals surface area contributed by atoms with E-state index in [2.05, 4.69) is 59.8 Å². The Morgan fingerprint density at radius 1 is 1.23 bits per heavy atom. The van der Waals surface area contributed by atoms with Crippen LogP contribution in [-0.2, 0) is 10.2 Å². The first-order valence-corrected chi connectivity index (χ1v) is 11.8. The summed E-state index contributed by atoms with van der Waals surface area (Å²) in [7, 11) is 0. The highest BCUT2D eigenvalue weighted by molar-refractivity contribution is 5.71. The smallest absolute Gasteiger partial charge is 0.308 e. The molecule has 0 spiro atoms. The largest absolute Gasteiger partial charge is 0.487 e. The monoisotopic (exact) mass is 412 g/mol. The average Bonchev–Trinajstić information content (AvgIpc) is 2.63. The molecule has 3 rings (SSSR count). The summed E-state index contributed by atoms with van der Waals surface area (Å²) in [6, 6.07) is 4.33. The highest BCUT2D eigenvalue weighted by Crippen LogP contribution is 2.54. The molecule has 166 valence electrons. The second-order valence-electron chi connectivity index (χ2n) is 10.6. The summed E-state index contributed by atoms with van der Waals surface area (Å²) in [5, 5.41) is 0. The minimum atomic E-state index is -0.270. The van der Waals surface area contributed by atoms with Crippen LogP contribution in [0.4, 0.5) is 0 Å². The fourth-order valence-electron chi connectivity index (χ4n) is 5.27. The van der Waals surface area contributed by atoms with Gasteiger partial charge in [-0.05, 0) is 63.1 Å². The van der Waals surface area contributed by atoms with Gasteiger partial charge in [-0.1, -0.05) is 58.1 Å². The number of fused-ring (bicyclic) bond motifs is 3. The Bertz CT molecular complexity index is 816. The van der Waals surface area contributed by atoms with Gasteiger partial charge in [0.1, 0.15) is 17.1 Å². The van der Waals surface area contributed by atoms with Gasteiger partial charge in [0.25, 0.3) is 0 Å². The molecule has 2 unspecified atom stereocenters. The molecule has 0 fully saturated rings. The molecule has 3 heteroatoms. The number of unbranched alkanes of at least 4 members (excludes halogenated alkanes) is 3. The summed E-state index contributed by atoms with van der Waals surface area (Å²) in [4.78, 5) is 12.0. The van der Waals surface area contributed by atoms with E-state index in [-0.39, 0.29) is 22.9 Å². The van der Waals surface area contributed by atoms with Gasteiger partial charge in [-0.15, -0.1) is 0 Å². The number of esters is 1. The molecular weight excluding hydrogens is 372 g/mol. The van der Waals surface area contributed by atoms with Gasteiger partial charge in [0.05, 0.1) is 0 Å². The van der Waals surface area contributed by atoms with Crippen LogP contribution in [-0.4, -0.2) is 11.6 Å². The van der Waals surface area contributed by atoms with E-state index in [0.717, 1.165) is 30.6 Å². The zero-order valence-electron chi connectivity index (χ0n) is 20.1. The molecular formula is C27H40O3. The van der Waals surface area contributed by atoms with Gasteiger partial charge >= 0.3 is 5.97 Å². The maximum Gasteiger partial charge on any atom is 0.308 e. The molecule has 1 heterocycles. The van der Waals surface area contributed by atoms with E-state index in [0.29, 0.717) is 11.7 Å². The van der Waals surface area contributed by atoms with Gasteiger partial charge in [0.2, 0.25) is 0 Å². The minimum absolute atomic E-state index is 0.000340. The molecule has 0 radical (unpaired) electrons. The summed E-state index contributed by atoms with van der Waals surface area (Å²) in [6.07, 6.45) is 10.7. The van der Waals surface area contributed by atoms with Crippen LogP contribution >= 0.6 is 0 Å². The Balaban J connectivity index is 2.06. The predicted molar refractivity (Wildman–Crippen MR) is 123 cm³/mol. The Morgan fingerprint density at radius 3 is 2.63 bits per heavy atom. The molecule has 1 aromatic rings. The van der Waals surface area contributed by atoms with Gasteiger partial charge < -0.3 is 9.47 Å². The molecule has 0 saturated carbocycles. The molecule has 1 aliphatic carbocycles. The Hall–Kier alpha value is -1.77. The maximum atomic E-state index is 12.0. The standard InChI is InChI=1S/C27H40O3/c1-8-9-10-11-14-26(4,5)20-16-23(29-19(3)28)25-21-15-18(2)12-13-22(21)27(6,7)30-24(25)17-20/h15-17,21-22H,8-14H2,1-7H3. The Morgan fingerprint density at radius 2 is 1.97 bits per heavy atom. The van der Waals surface area contributed by atoms with E-state index < -0.39 is 0 Å². The lowest BCUT2D eigenvalue weighted by Gasteiger charge is -2.47. The number of allylic oxidation sites excluding steroid dienone is 2. The van der Waals surface area contributed by atoms with Crippen LogP contribution in [0.5, 0.6) is 11.5 Å². The zero-order valence-corrected chi connectivity index (χ0v) is 20.1. The number of carbonyl (C=O) groups is 1. The van der Waals surface area contributed by atoms with Crippen molar-refractivity contribution in [2.75, 3.05) is 0 Å². The molecule has 0 saturated heterocycles. The fraction of sp³-hybridized carbons (Fsp3) is 0.667. The molecule has 2 aliphatic rings. The van der Waals surface area contributed by atoms with Crippen molar-refractivity contribution in [1.29, 1.82) is 0 Å². The zero-order chi connectivity index (χ0) is 22.1. The third kappa shape index (κ3) is 4.76. The quantitative estimate of drug-likeness (QED) is 0.202. The highest BCUT2D eigenvalue weighted by Gasteiger charge is 2.46. The SMILES string of the molecule is CCCCCCC(C)(C)c1cc(OC(C)=O)c2c(c1)OC(C)(C)C1CCC(C)=CC21. The van der Waals surface area contributed by atoms with Crippen LogP contribution < -0.4 is 9.47 Å². The van der Waals surface area contributed by atoms with E-state index in [1.807, 2.05) is 0 Å². The van der Waals surface area contributed by atoms with Crippen molar-refractivity contribution in [1.82, 2.24) is 0 Å². The van der Waals surface area contributed by atoms with Crippen LogP contribution in [0.25, 0.3) is 0 Å². The summed E-state index contributed by atoms with van der Waals surface area (Å²) < 4.78 is 12.4. The van der Waals surface area contributed by atoms with E-state index in [1.165, 1.54) is 43.7 Å². The molecule has 3 nitrogen and oxygen atoms in total. The van der Waals surface area contributed by atoms with Crippen molar-refractivity contribution in [2.45, 2.75) is 110 Å². The summed E-state index contributed by atoms with van der Waals surface area (Å²) in [6.45, 7) is 14.9. The van der Waals surface area contributed by atoms with Crippen LogP contribution in [0.1, 0.15) is 110 Å². The molecule has 0 aromatic heterocycles. The molecule has 0 amide bonds. The predicted octanol–water partition coefficient (Wildman–Crippen LogP) is 7.47. The van der Waals surface area contributed by atoms with Crippen LogP contribution in [0.3, 0.4) is 0 Å². The van der Waals surface area contributed by atoms with E-state index >= 15 is 0 Å². The summed E-state index contributed by atoms with van der Waals surface area (Å²) in [5.41, 5.74) is 3.42. The second-order valence-corrected chi connectivity index (χ2v) is 10.6. The third-order valence-corrected chi connectivity index (χ3v) is 7.14. The van der Waals surface area contributed by atoms with Crippen molar-refractivity contribution in [3.8, 4) is 11.5 Å². The van der Waals surface area contributed by atoms with Crippen LogP contribution in [0.15, 0.2) is 23.8 Å². The summed E-state index contributed by atoms with van der Waals surface area (Å²) in [5.74, 6) is 1.92. The normalized spacial score (nSPS) is 22.4. The van der Waals surface area contributed by atoms with Gasteiger partial charge in [-0.25, -0.2) is 0 Å². The van der Waals surface area contributed by atoms with Crippen LogP contribution in [0.2, 0.25) is 0 Å². The van der Waals surface area contributed by atoms with Crippen molar-refractivity contribution in [3.63, 3.8) is 0 Å². The highest BCUT2D eigenvalue weighted by atomic mass is 16.5. The van der Waals surface area contributed by atoms with Crippen molar-refractivity contribution in [3.05, 3.63) is 34.9 Å². The lowest BCUT2D eigenvalue weighted by Crippen LogP contribution is -2.45. The fourth-order valence-corrected chi connectivity index (χ4v) is 5.27. The van der Waals surface area contributed by atoms with Crippen molar-refractivity contribution < 1.29 is 14.3 Å². The van der Waals surface area contributed by atoms with E-state index in [1.54, 1.807) is 0 Å². The third-order valence-electron chi connectivity index (χ3n) is 7.14. The topological polar surface area (TPSA) is 35.5 Å². The molecule has 2 atom stereocenters. The lowest BCUT2D eigenvalue weighted by atomic mass is 9.67. The van der Waals surface area contributed by atoms with E-state index in [4.69, 9.17) is 9.47 Å². The first kappa shape index (κ1) is 22.9. The number of ether oxygens (including phenoxy) is 2. The average molecular weight is 413 g/mol. The van der Waals surface area contributed by atoms with Crippen LogP contribution in [0, 0.1) is 5.92 Å². The number of carbonyl (C=O) groups excluding carboxylic acids is 1. The van der Waals surface area contributed by atoms with Crippen molar-refractivity contribution in [2.24, 2.45) is 5.92 Å². The van der Waals surface area contributed by atoms with Gasteiger partial charge in [-0.3, -0.25) is 4.79 Å². The van der Waals surface area contributed by atoms with E-state index in [9.17, 15) is 4.79 Å². The molecule has 1 aromatic carbocycles. The molecule has 1 aliphatic heterocycles. The molecule has 0 bridgehead atoms. The maximum absolute atomic E-state index is 12.0. The number of hydrogen-bond donors (Lipinski definition) is 0. The lowest BCUT2D eigenvalue weighted by molar-refractivity contribution is -0.132. The number of hydrogen-bond acceptors (Lipinski definition) is 3. The molecule has 0 N–H and O–H groups in total. The first-order chi connectivity index (χ1) is 14.0. The van der Waals surface area contributed by atoms with Gasteiger partial charge in [0.15, 0.2) is 0 Å². The number of rotatable bonds is 7.